The van der Waals surface area contributed by atoms with Crippen molar-refractivity contribution >= 4 is 23.9 Å². The summed E-state index contributed by atoms with van der Waals surface area (Å²) in [7, 11) is 0. The lowest BCUT2D eigenvalue weighted by molar-refractivity contribution is -0.615. The Morgan fingerprint density at radius 1 is 0.762 bits per heavy atom. The molecule has 3 rings (SSSR count). The van der Waals surface area contributed by atoms with Crippen LogP contribution in [0.2, 0.25) is 0 Å². The number of benzene rings is 1. The van der Waals surface area contributed by atoms with Gasteiger partial charge in [-0.3, -0.25) is 24.2 Å². The topological polar surface area (TPSA) is 178 Å². The number of carbonyl (C=O) groups excluding carboxylic acids is 1. The van der Waals surface area contributed by atoms with Crippen LogP contribution < -0.4 is 4.73 Å². The number of aromatic nitrogens is 1. The fraction of sp³-hybridized carbons (Fsp3) is 0.393. The van der Waals surface area contributed by atoms with E-state index in [4.69, 9.17) is 4.74 Å². The van der Waals surface area contributed by atoms with Crippen molar-refractivity contribution in [2.24, 2.45) is 0 Å². The summed E-state index contributed by atoms with van der Waals surface area (Å²) < 4.78 is 6.00. The van der Waals surface area contributed by atoms with Crippen LogP contribution in [0.4, 0.5) is 0 Å². The fourth-order valence-corrected chi connectivity index (χ4v) is 4.31. The number of esters is 1. The van der Waals surface area contributed by atoms with Gasteiger partial charge in [0.1, 0.15) is 19.7 Å². The molecule has 0 fully saturated rings. The summed E-state index contributed by atoms with van der Waals surface area (Å²) in [5, 5.41) is 40.7. The maximum atomic E-state index is 12.7. The van der Waals surface area contributed by atoms with E-state index >= 15 is 0 Å². The molecule has 2 heterocycles. The van der Waals surface area contributed by atoms with Crippen LogP contribution in [0.3, 0.4) is 0 Å². The summed E-state index contributed by atoms with van der Waals surface area (Å²) in [6, 6.07) is 11.9. The Hall–Kier alpha value is -4.69. The molecule has 2 aromatic rings. The van der Waals surface area contributed by atoms with Crippen LogP contribution >= 0.6 is 0 Å². The van der Waals surface area contributed by atoms with Crippen molar-refractivity contribution in [3.63, 3.8) is 0 Å². The van der Waals surface area contributed by atoms with Gasteiger partial charge in [-0.2, -0.15) is 4.73 Å². The van der Waals surface area contributed by atoms with Crippen LogP contribution in [0.5, 0.6) is 0 Å². The van der Waals surface area contributed by atoms with Gasteiger partial charge in [-0.05, 0) is 5.56 Å². The third kappa shape index (κ3) is 11.1. The number of hydrogen-bond acceptors (Lipinski definition) is 10. The molecule has 0 saturated carbocycles. The monoisotopic (exact) mass is 585 g/mol. The number of carboxylic acid groups (broad SMARTS) is 3. The Kier molecular flexibility index (Phi) is 12.1. The number of pyridine rings is 1. The van der Waals surface area contributed by atoms with Gasteiger partial charge in [0.05, 0.1) is 18.7 Å². The van der Waals surface area contributed by atoms with Crippen LogP contribution in [0, 0.1) is 5.21 Å². The highest BCUT2D eigenvalue weighted by molar-refractivity contribution is 5.89. The van der Waals surface area contributed by atoms with Gasteiger partial charge in [-0.25, -0.2) is 4.79 Å². The van der Waals surface area contributed by atoms with Crippen LogP contribution in [-0.4, -0.2) is 118 Å². The number of carboxylic acids is 3. The van der Waals surface area contributed by atoms with E-state index in [1.54, 1.807) is 27.1 Å². The van der Waals surface area contributed by atoms with Gasteiger partial charge in [0.2, 0.25) is 5.69 Å². The maximum absolute atomic E-state index is 12.7. The Morgan fingerprint density at radius 2 is 1.31 bits per heavy atom. The third-order valence-corrected chi connectivity index (χ3v) is 6.49. The molecule has 1 aromatic carbocycles. The van der Waals surface area contributed by atoms with Crippen molar-refractivity contribution < 1.29 is 44.0 Å². The second kappa shape index (κ2) is 15.9. The summed E-state index contributed by atoms with van der Waals surface area (Å²) in [4.78, 5) is 53.5. The lowest BCUT2D eigenvalue weighted by Gasteiger charge is -2.31. The molecule has 0 radical (unpaired) electrons. The van der Waals surface area contributed by atoms with Crippen molar-refractivity contribution in [2.75, 3.05) is 58.9 Å². The normalized spacial score (nSPS) is 16.2. The Morgan fingerprint density at radius 3 is 1.90 bits per heavy atom. The zero-order valence-electron chi connectivity index (χ0n) is 23.1. The smallest absolute Gasteiger partial charge is 0.338 e. The zero-order valence-corrected chi connectivity index (χ0v) is 23.1. The molecule has 42 heavy (non-hydrogen) atoms. The average Bonchev–Trinajstić information content (AvgIpc) is 2.94. The molecule has 0 bridgehead atoms. The quantitative estimate of drug-likeness (QED) is 0.184. The molecule has 1 aliphatic rings. The number of hydrogen-bond donors (Lipinski definition) is 3. The van der Waals surface area contributed by atoms with E-state index in [2.05, 4.69) is 0 Å². The molecule has 0 saturated heterocycles. The molecule has 0 spiro atoms. The Bertz CT molecular complexity index is 1260. The number of carbonyl (C=O) groups is 4. The minimum absolute atomic E-state index is 0.0345. The van der Waals surface area contributed by atoms with Gasteiger partial charge < -0.3 is 35.1 Å². The van der Waals surface area contributed by atoms with E-state index in [1.165, 1.54) is 23.2 Å². The molecule has 0 aliphatic carbocycles. The van der Waals surface area contributed by atoms with Crippen LogP contribution in [0.1, 0.15) is 21.6 Å². The van der Waals surface area contributed by atoms with Crippen molar-refractivity contribution in [2.45, 2.75) is 13.2 Å². The van der Waals surface area contributed by atoms with E-state index in [0.29, 0.717) is 4.73 Å². The zero-order chi connectivity index (χ0) is 30.5. The molecule has 1 aliphatic heterocycles. The minimum Gasteiger partial charge on any atom is -0.618 e. The molecule has 14 nitrogen and oxygen atoms in total. The molecule has 3 N–H and O–H groups in total. The molecule has 0 unspecified atom stereocenters. The van der Waals surface area contributed by atoms with Gasteiger partial charge in [-0.15, -0.1) is 0 Å². The van der Waals surface area contributed by atoms with Gasteiger partial charge in [0.15, 0.2) is 6.20 Å². The summed E-state index contributed by atoms with van der Waals surface area (Å²) in [6.07, 6.45) is 4.36. The predicted octanol–water partition coefficient (Wildman–Crippen LogP) is 0.124. The molecule has 226 valence electrons. The maximum Gasteiger partial charge on any atom is 0.338 e. The molecular formula is C28H35N5O9. The van der Waals surface area contributed by atoms with Gasteiger partial charge in [-0.1, -0.05) is 30.3 Å². The van der Waals surface area contributed by atoms with Crippen molar-refractivity contribution in [1.82, 2.24) is 19.6 Å². The van der Waals surface area contributed by atoms with Crippen molar-refractivity contribution in [3.05, 3.63) is 83.1 Å². The summed E-state index contributed by atoms with van der Waals surface area (Å²) in [5.41, 5.74) is 1.22. The second-order valence-electron chi connectivity index (χ2n) is 9.77. The van der Waals surface area contributed by atoms with E-state index in [1.807, 2.05) is 30.3 Å². The summed E-state index contributed by atoms with van der Waals surface area (Å²) in [5.74, 6) is -3.76. The van der Waals surface area contributed by atoms with Crippen molar-refractivity contribution in [3.8, 4) is 0 Å². The van der Waals surface area contributed by atoms with Crippen LogP contribution in [-0.2, 0) is 32.3 Å². The second-order valence-corrected chi connectivity index (χ2v) is 9.77. The summed E-state index contributed by atoms with van der Waals surface area (Å²) >= 11 is 0. The molecule has 0 atom stereocenters. The number of nitrogens with zero attached hydrogens (tertiary/aromatic N) is 5. The lowest BCUT2D eigenvalue weighted by Crippen LogP contribution is -2.45. The standard InChI is InChI=1S/C28H35N5O9/c34-25(35)18-30-10-8-29(9-11-31(19-26(36)37)13-15-32(14-12-30)20-27(38)39)17-24-16-23(6-7-33(24)41)28(40)42-21-22-4-2-1-3-5-22/h1-8,10,16H,9,11-15,17-21H2,(H,34,35)(H,36,37)(H,38,39)/b10-8-. The minimum atomic E-state index is -1.07. The van der Waals surface area contributed by atoms with Crippen molar-refractivity contribution in [1.29, 1.82) is 0 Å². The molecule has 0 amide bonds. The van der Waals surface area contributed by atoms with Gasteiger partial charge >= 0.3 is 23.9 Å². The molecule has 1 aromatic heterocycles. The molecular weight excluding hydrogens is 550 g/mol. The number of aliphatic carboxylic acids is 3. The van der Waals surface area contributed by atoms with E-state index < -0.39 is 23.9 Å². The van der Waals surface area contributed by atoms with Crippen LogP contribution in [0.15, 0.2) is 61.1 Å². The van der Waals surface area contributed by atoms with E-state index in [0.717, 1.165) is 5.56 Å². The highest BCUT2D eigenvalue weighted by atomic mass is 16.5. The first-order valence-corrected chi connectivity index (χ1v) is 13.3. The largest absolute Gasteiger partial charge is 0.618 e. The SMILES string of the molecule is O=C(O)CN1/C=C\N(Cc2cc(C(=O)OCc3ccccc3)cc[n+]2[O-])CCN(CC(=O)O)CCN(CC(=O)O)CC1. The van der Waals surface area contributed by atoms with E-state index in [-0.39, 0.29) is 83.3 Å². The fourth-order valence-electron chi connectivity index (χ4n) is 4.31. The first-order chi connectivity index (χ1) is 20.1. The Balaban J connectivity index is 1.81. The third-order valence-electron chi connectivity index (χ3n) is 6.49. The Labute approximate surface area is 242 Å². The number of ether oxygens (including phenoxy) is 1. The number of rotatable bonds is 11. The highest BCUT2D eigenvalue weighted by Crippen LogP contribution is 2.10. The highest BCUT2D eigenvalue weighted by Gasteiger charge is 2.20. The average molecular weight is 586 g/mol. The van der Waals surface area contributed by atoms with Gasteiger partial charge in [0, 0.05) is 63.8 Å². The first-order valence-electron chi connectivity index (χ1n) is 13.3. The first kappa shape index (κ1) is 31.8. The molecule has 14 heteroatoms. The van der Waals surface area contributed by atoms with Gasteiger partial charge in [0.25, 0.3) is 0 Å². The van der Waals surface area contributed by atoms with E-state index in [9.17, 15) is 39.7 Å². The van der Waals surface area contributed by atoms with Crippen LogP contribution in [0.25, 0.3) is 0 Å². The predicted molar refractivity (Wildman–Crippen MR) is 148 cm³/mol. The lowest BCUT2D eigenvalue weighted by atomic mass is 10.2. The summed E-state index contributed by atoms with van der Waals surface area (Å²) in [6.45, 7) is 0.704.